The normalized spacial score (nSPS) is 27.8. The zero-order valence-corrected chi connectivity index (χ0v) is 20.1. The van der Waals surface area contributed by atoms with Crippen molar-refractivity contribution in [1.82, 2.24) is 0 Å². The van der Waals surface area contributed by atoms with Gasteiger partial charge >= 0.3 is 5.97 Å². The molecule has 3 aromatic carbocycles. The second-order valence-corrected chi connectivity index (χ2v) is 11.2. The molecule has 0 atom stereocenters. The lowest BCUT2D eigenvalue weighted by atomic mass is 9.47. The van der Waals surface area contributed by atoms with E-state index in [9.17, 15) is 4.79 Å². The Morgan fingerprint density at radius 2 is 1.48 bits per heavy atom. The Labute approximate surface area is 197 Å². The lowest BCUT2D eigenvalue weighted by Crippen LogP contribution is -2.48. The highest BCUT2D eigenvalue weighted by atomic mass is 16.5. The first-order valence-corrected chi connectivity index (χ1v) is 12.8. The minimum atomic E-state index is -0.252. The third kappa shape index (κ3) is 3.50. The van der Waals surface area contributed by atoms with E-state index in [-0.39, 0.29) is 5.97 Å². The summed E-state index contributed by atoms with van der Waals surface area (Å²) in [6, 6.07) is 17.5. The Morgan fingerprint density at radius 1 is 0.848 bits per heavy atom. The molecular formula is C31H34O2. The molecule has 4 bridgehead atoms. The molecule has 2 nitrogen and oxygen atoms in total. The van der Waals surface area contributed by atoms with Crippen LogP contribution in [0.4, 0.5) is 0 Å². The van der Waals surface area contributed by atoms with Crippen LogP contribution in [0.3, 0.4) is 0 Å². The van der Waals surface area contributed by atoms with Gasteiger partial charge in [0.2, 0.25) is 0 Å². The SMILES string of the molecule is CCOC(=O)c1ccc2cc(-c3cc(C45CC6CC(CC(C6)C4)C5)c(C)cc3C)ccc2c1. The van der Waals surface area contributed by atoms with Crippen molar-refractivity contribution < 1.29 is 9.53 Å². The first-order chi connectivity index (χ1) is 15.9. The number of fused-ring (bicyclic) bond motifs is 1. The molecule has 33 heavy (non-hydrogen) atoms. The molecule has 4 aliphatic carbocycles. The second-order valence-electron chi connectivity index (χ2n) is 11.2. The second kappa shape index (κ2) is 7.72. The molecule has 0 radical (unpaired) electrons. The minimum Gasteiger partial charge on any atom is -0.462 e. The number of rotatable bonds is 4. The predicted octanol–water partition coefficient (Wildman–Crippen LogP) is 7.77. The van der Waals surface area contributed by atoms with Gasteiger partial charge in [-0.1, -0.05) is 30.3 Å². The Morgan fingerprint density at radius 3 is 2.15 bits per heavy atom. The number of esters is 1. The third-order valence-corrected chi connectivity index (χ3v) is 8.84. The van der Waals surface area contributed by atoms with Crippen molar-refractivity contribution in [2.75, 3.05) is 6.61 Å². The van der Waals surface area contributed by atoms with E-state index in [1.165, 1.54) is 60.8 Å². The highest BCUT2D eigenvalue weighted by Crippen LogP contribution is 2.61. The smallest absolute Gasteiger partial charge is 0.338 e. The third-order valence-electron chi connectivity index (χ3n) is 8.84. The van der Waals surface area contributed by atoms with Crippen molar-refractivity contribution in [3.63, 3.8) is 0 Å². The molecule has 0 saturated heterocycles. The molecule has 0 aliphatic heterocycles. The van der Waals surface area contributed by atoms with Crippen molar-refractivity contribution >= 4 is 16.7 Å². The van der Waals surface area contributed by atoms with Crippen LogP contribution in [0.1, 0.15) is 72.5 Å². The number of aryl methyl sites for hydroxylation is 2. The zero-order chi connectivity index (χ0) is 22.7. The fraction of sp³-hybridized carbons (Fsp3) is 0.452. The van der Waals surface area contributed by atoms with Crippen molar-refractivity contribution in [3.8, 4) is 11.1 Å². The Balaban J connectivity index is 1.40. The number of ether oxygens (including phenoxy) is 1. The van der Waals surface area contributed by atoms with E-state index in [4.69, 9.17) is 4.74 Å². The molecule has 0 aromatic heterocycles. The van der Waals surface area contributed by atoms with Crippen molar-refractivity contribution in [2.45, 2.75) is 64.7 Å². The van der Waals surface area contributed by atoms with Gasteiger partial charge in [-0.25, -0.2) is 4.79 Å². The zero-order valence-electron chi connectivity index (χ0n) is 20.1. The van der Waals surface area contributed by atoms with Gasteiger partial charge in [0.1, 0.15) is 0 Å². The van der Waals surface area contributed by atoms with Crippen molar-refractivity contribution in [3.05, 3.63) is 70.8 Å². The maximum Gasteiger partial charge on any atom is 0.338 e. The summed E-state index contributed by atoms with van der Waals surface area (Å²) in [4.78, 5) is 12.1. The van der Waals surface area contributed by atoms with Crippen molar-refractivity contribution in [2.24, 2.45) is 17.8 Å². The van der Waals surface area contributed by atoms with Gasteiger partial charge in [-0.3, -0.25) is 0 Å². The molecule has 0 amide bonds. The molecule has 0 unspecified atom stereocenters. The van der Waals surface area contributed by atoms with E-state index in [0.717, 1.165) is 28.5 Å². The summed E-state index contributed by atoms with van der Waals surface area (Å²) < 4.78 is 5.17. The number of carbonyl (C=O) groups excluding carboxylic acids is 1. The van der Waals surface area contributed by atoms with E-state index in [1.54, 1.807) is 5.56 Å². The highest BCUT2D eigenvalue weighted by molar-refractivity contribution is 5.96. The quantitative estimate of drug-likeness (QED) is 0.389. The lowest BCUT2D eigenvalue weighted by molar-refractivity contribution is -0.00544. The largest absolute Gasteiger partial charge is 0.462 e. The molecule has 4 saturated carbocycles. The Hall–Kier alpha value is -2.61. The maximum absolute atomic E-state index is 12.1. The summed E-state index contributed by atoms with van der Waals surface area (Å²) in [5.74, 6) is 2.61. The van der Waals surface area contributed by atoms with E-state index >= 15 is 0 Å². The first-order valence-electron chi connectivity index (χ1n) is 12.8. The average Bonchev–Trinajstić information content (AvgIpc) is 2.77. The summed E-state index contributed by atoms with van der Waals surface area (Å²) in [5.41, 5.74) is 8.12. The van der Waals surface area contributed by atoms with Crippen LogP contribution >= 0.6 is 0 Å². The predicted molar refractivity (Wildman–Crippen MR) is 135 cm³/mol. The maximum atomic E-state index is 12.1. The van der Waals surface area contributed by atoms with Gasteiger partial charge in [0.25, 0.3) is 0 Å². The Bertz CT molecular complexity index is 1220. The Kier molecular flexibility index (Phi) is 4.90. The summed E-state index contributed by atoms with van der Waals surface area (Å²) in [6.07, 6.45) is 8.64. The van der Waals surface area contributed by atoms with Crippen LogP contribution < -0.4 is 0 Å². The molecule has 4 aliphatic rings. The molecular weight excluding hydrogens is 404 g/mol. The summed E-state index contributed by atoms with van der Waals surface area (Å²) in [5, 5.41) is 2.24. The van der Waals surface area contributed by atoms with E-state index < -0.39 is 0 Å². The lowest BCUT2D eigenvalue weighted by Gasteiger charge is -2.57. The van der Waals surface area contributed by atoms with Gasteiger partial charge in [0.15, 0.2) is 0 Å². The van der Waals surface area contributed by atoms with E-state index in [0.29, 0.717) is 17.6 Å². The molecule has 170 valence electrons. The van der Waals surface area contributed by atoms with Crippen LogP contribution in [-0.4, -0.2) is 12.6 Å². The molecule has 0 heterocycles. The van der Waals surface area contributed by atoms with Gasteiger partial charge in [0, 0.05) is 0 Å². The van der Waals surface area contributed by atoms with Gasteiger partial charge < -0.3 is 4.74 Å². The van der Waals surface area contributed by atoms with Crippen LogP contribution in [0.2, 0.25) is 0 Å². The fourth-order valence-corrected chi connectivity index (χ4v) is 7.93. The molecule has 7 rings (SSSR count). The van der Waals surface area contributed by atoms with Gasteiger partial charge in [-0.05, 0) is 139 Å². The van der Waals surface area contributed by atoms with Crippen LogP contribution in [0.25, 0.3) is 21.9 Å². The van der Waals surface area contributed by atoms with Gasteiger partial charge in [0.05, 0.1) is 12.2 Å². The summed E-state index contributed by atoms with van der Waals surface area (Å²) >= 11 is 0. The average molecular weight is 439 g/mol. The van der Waals surface area contributed by atoms with Crippen LogP contribution in [0.15, 0.2) is 48.5 Å². The highest BCUT2D eigenvalue weighted by Gasteiger charge is 2.52. The molecule has 4 fully saturated rings. The summed E-state index contributed by atoms with van der Waals surface area (Å²) in [7, 11) is 0. The molecule has 0 N–H and O–H groups in total. The minimum absolute atomic E-state index is 0.252. The van der Waals surface area contributed by atoms with E-state index in [2.05, 4.69) is 50.2 Å². The number of hydrogen-bond donors (Lipinski definition) is 0. The van der Waals surface area contributed by atoms with Crippen LogP contribution in [-0.2, 0) is 10.2 Å². The molecule has 0 spiro atoms. The monoisotopic (exact) mass is 438 g/mol. The standard InChI is InChI=1S/C31H34O2/c1-4-33-30(32)27-8-6-24-13-26(7-5-25(24)14-27)28-15-29(20(3)9-19(28)2)31-16-21-10-22(17-31)12-23(11-21)18-31/h5-9,13-15,21-23H,4,10-12,16-18H2,1-3H3. The van der Waals surface area contributed by atoms with Gasteiger partial charge in [-0.15, -0.1) is 0 Å². The first kappa shape index (κ1) is 21.0. The number of hydrogen-bond acceptors (Lipinski definition) is 2. The van der Waals surface area contributed by atoms with Crippen molar-refractivity contribution in [1.29, 1.82) is 0 Å². The summed E-state index contributed by atoms with van der Waals surface area (Å²) in [6.45, 7) is 6.82. The molecule has 3 aromatic rings. The topological polar surface area (TPSA) is 26.3 Å². The van der Waals surface area contributed by atoms with Crippen LogP contribution in [0.5, 0.6) is 0 Å². The number of benzene rings is 3. The number of carbonyl (C=O) groups is 1. The fourth-order valence-electron chi connectivity index (χ4n) is 7.93. The van der Waals surface area contributed by atoms with Crippen LogP contribution in [0, 0.1) is 31.6 Å². The van der Waals surface area contributed by atoms with Gasteiger partial charge in [-0.2, -0.15) is 0 Å². The molecule has 2 heteroatoms. The van der Waals surface area contributed by atoms with E-state index in [1.807, 2.05) is 19.1 Å².